The zero-order valence-corrected chi connectivity index (χ0v) is 25.8. The molecule has 0 radical (unpaired) electrons. The number of nitrogens with zero attached hydrogens (tertiary/aromatic N) is 2. The van der Waals surface area contributed by atoms with Crippen molar-refractivity contribution in [2.45, 2.75) is 93.2 Å². The Balaban J connectivity index is 1.74. The first-order valence-electron chi connectivity index (χ1n) is 14.6. The van der Waals surface area contributed by atoms with Crippen molar-refractivity contribution in [3.63, 3.8) is 0 Å². The summed E-state index contributed by atoms with van der Waals surface area (Å²) in [4.78, 5) is 0. The van der Waals surface area contributed by atoms with Gasteiger partial charge in [0.2, 0.25) is 0 Å². The molecule has 3 heteroatoms. The van der Waals surface area contributed by atoms with Crippen molar-refractivity contribution >= 4 is 61.7 Å². The average Bonchev–Trinajstić information content (AvgIpc) is 3.26. The molecule has 4 atom stereocenters. The van der Waals surface area contributed by atoms with Crippen molar-refractivity contribution in [1.29, 1.82) is 0 Å². The van der Waals surface area contributed by atoms with Crippen molar-refractivity contribution in [3.05, 3.63) is 33.5 Å². The van der Waals surface area contributed by atoms with Gasteiger partial charge < -0.3 is 9.13 Å². The summed E-state index contributed by atoms with van der Waals surface area (Å²) in [5.74, 6) is 1.42. The highest BCUT2D eigenvalue weighted by atomic mass is 31.1. The van der Waals surface area contributed by atoms with E-state index in [1.165, 1.54) is 59.6 Å². The maximum Gasteiger partial charge on any atom is 0.0418 e. The van der Waals surface area contributed by atoms with Crippen molar-refractivity contribution in [3.8, 4) is 0 Å². The van der Waals surface area contributed by atoms with Gasteiger partial charge >= 0.3 is 0 Å². The molecule has 1 aromatic carbocycles. The number of benzene rings is 1. The number of rotatable bonds is 14. The summed E-state index contributed by atoms with van der Waals surface area (Å²) < 4.78 is 4.62. The van der Waals surface area contributed by atoms with Crippen LogP contribution in [0.3, 0.4) is 0 Å². The zero-order valence-electron chi connectivity index (χ0n) is 24.8. The van der Waals surface area contributed by atoms with Gasteiger partial charge in [0.1, 0.15) is 0 Å². The van der Waals surface area contributed by atoms with Gasteiger partial charge in [-0.05, 0) is 61.0 Å². The number of hydrogen-bond acceptors (Lipinski definition) is 0. The first-order valence-corrected chi connectivity index (χ1v) is 16.7. The van der Waals surface area contributed by atoms with Crippen molar-refractivity contribution in [2.24, 2.45) is 17.3 Å². The minimum Gasteiger partial charge on any atom is -0.341 e. The molecule has 2 nitrogen and oxygen atoms in total. The van der Waals surface area contributed by atoms with Crippen LogP contribution in [0.2, 0.25) is 0 Å². The summed E-state index contributed by atoms with van der Waals surface area (Å²) in [7, 11) is -0.572. The summed E-state index contributed by atoms with van der Waals surface area (Å²) >= 11 is 0. The van der Waals surface area contributed by atoms with E-state index in [-0.39, 0.29) is 0 Å². The molecule has 0 saturated heterocycles. The molecule has 0 spiro atoms. The van der Waals surface area contributed by atoms with Gasteiger partial charge in [-0.1, -0.05) is 87.1 Å². The highest BCUT2D eigenvalue weighted by Crippen LogP contribution is 2.38. The van der Waals surface area contributed by atoms with E-state index < -0.39 is 7.55 Å². The monoisotopic (exact) mass is 520 g/mol. The molecule has 3 rings (SSSR count). The number of hydrogen-bond donors (Lipinski definition) is 0. The predicted octanol–water partition coefficient (Wildman–Crippen LogP) is 6.56. The molecule has 0 saturated carbocycles. The lowest BCUT2D eigenvalue weighted by atomic mass is 9.76. The molecule has 0 bridgehead atoms. The van der Waals surface area contributed by atoms with Gasteiger partial charge in [0.15, 0.2) is 0 Å². The summed E-state index contributed by atoms with van der Waals surface area (Å²) in [5, 5.41) is 9.08. The van der Waals surface area contributed by atoms with E-state index in [4.69, 9.17) is 0 Å². The Morgan fingerprint density at radius 2 is 1.27 bits per heavy atom. The topological polar surface area (TPSA) is 9.86 Å². The van der Waals surface area contributed by atoms with Crippen LogP contribution in [0.15, 0.2) is 12.1 Å². The Labute approximate surface area is 226 Å². The number of fused-ring (bicyclic) bond motifs is 2. The van der Waals surface area contributed by atoms with E-state index in [9.17, 15) is 0 Å². The summed E-state index contributed by atoms with van der Waals surface area (Å²) in [6.07, 6.45) is 14.7. The third-order valence-corrected chi connectivity index (χ3v) is 11.3. The first-order chi connectivity index (χ1) is 17.5. The van der Waals surface area contributed by atoms with Gasteiger partial charge in [-0.15, -0.1) is 13.8 Å². The van der Waals surface area contributed by atoms with Gasteiger partial charge in [-0.2, -0.15) is 0 Å². The molecule has 204 valence electrons. The molecule has 0 amide bonds. The van der Waals surface area contributed by atoms with E-state index in [2.05, 4.69) is 95.4 Å². The molecule has 0 aliphatic rings. The maximum atomic E-state index is 4.62. The van der Waals surface area contributed by atoms with E-state index in [0.29, 0.717) is 11.3 Å². The van der Waals surface area contributed by atoms with Crippen molar-refractivity contribution in [1.82, 2.24) is 9.13 Å². The van der Waals surface area contributed by atoms with Gasteiger partial charge in [0, 0.05) is 56.0 Å². The fourth-order valence-corrected chi connectivity index (χ4v) is 7.76. The fraction of sp³-hybridized carbons (Fsp3) is 0.559. The lowest BCUT2D eigenvalue weighted by Gasteiger charge is -2.31. The molecule has 4 unspecified atom stereocenters. The van der Waals surface area contributed by atoms with Gasteiger partial charge in [-0.3, -0.25) is 0 Å². The molecule has 0 N–H and O–H groups in total. The van der Waals surface area contributed by atoms with Crippen LogP contribution < -0.4 is 21.4 Å². The molecule has 3 aromatic rings. The lowest BCUT2D eigenvalue weighted by molar-refractivity contribution is 0.227. The largest absolute Gasteiger partial charge is 0.341 e. The second kappa shape index (κ2) is 12.3. The fourth-order valence-electron chi connectivity index (χ4n) is 5.89. The quantitative estimate of drug-likeness (QED) is 0.213. The van der Waals surface area contributed by atoms with Gasteiger partial charge in [0.05, 0.1) is 0 Å². The molecule has 2 heterocycles. The second-order valence-electron chi connectivity index (χ2n) is 12.2. The van der Waals surface area contributed by atoms with Crippen LogP contribution in [-0.2, 0) is 13.1 Å². The van der Waals surface area contributed by atoms with Crippen molar-refractivity contribution < 1.29 is 0 Å². The van der Waals surface area contributed by atoms with Crippen LogP contribution in [0.5, 0.6) is 0 Å². The Morgan fingerprint density at radius 3 is 1.73 bits per heavy atom. The van der Waals surface area contributed by atoms with E-state index in [1.54, 1.807) is 0 Å². The van der Waals surface area contributed by atoms with Crippen LogP contribution in [0, 0.1) is 17.3 Å². The van der Waals surface area contributed by atoms with Crippen LogP contribution in [-0.4, -0.2) is 27.8 Å². The Bertz CT molecular complexity index is 1380. The predicted molar refractivity (Wildman–Crippen MR) is 174 cm³/mol. The highest BCUT2D eigenvalue weighted by molar-refractivity contribution is 7.55. The minimum atomic E-state index is -0.572. The molecule has 0 fully saturated rings. The number of aromatic nitrogens is 2. The highest BCUT2D eigenvalue weighted by Gasteiger charge is 2.24. The molecular weight excluding hydrogens is 467 g/mol. The molecule has 0 aliphatic heterocycles. The smallest absolute Gasteiger partial charge is 0.0418 e. The molecule has 2 aromatic heterocycles. The molecule has 0 aliphatic carbocycles. The average molecular weight is 521 g/mol. The van der Waals surface area contributed by atoms with Crippen LogP contribution >= 0.6 is 7.55 Å². The normalized spacial score (nSPS) is 16.3. The lowest BCUT2D eigenvalue weighted by Crippen LogP contribution is -2.28. The summed E-state index contributed by atoms with van der Waals surface area (Å²) in [6.45, 7) is 33.9. The second-order valence-corrected chi connectivity index (χ2v) is 14.7. The Hall–Kier alpha value is -1.92. The third-order valence-electron chi connectivity index (χ3n) is 9.28. The van der Waals surface area contributed by atoms with Crippen LogP contribution in [0.1, 0.15) is 80.1 Å². The summed E-state index contributed by atoms with van der Waals surface area (Å²) in [5.41, 5.74) is 0.473. The van der Waals surface area contributed by atoms with E-state index in [1.807, 2.05) is 0 Å². The van der Waals surface area contributed by atoms with E-state index in [0.717, 1.165) is 53.2 Å². The SMILES string of the molecule is C=c1c2cc3c(=C)n(CC(C)CC)c(=C)c3cc2c(=C)n1CCC[PH](=C)CCC(C)(CC)CC(C)CC. The molecule has 37 heavy (non-hydrogen) atoms. The minimum absolute atomic E-state index is 0.473. The summed E-state index contributed by atoms with van der Waals surface area (Å²) in [6, 6.07) is 4.56. The zero-order chi connectivity index (χ0) is 27.5. The first kappa shape index (κ1) is 29.6. The van der Waals surface area contributed by atoms with Gasteiger partial charge in [-0.25, -0.2) is 0 Å². The third kappa shape index (κ3) is 6.39. The van der Waals surface area contributed by atoms with Gasteiger partial charge in [0.25, 0.3) is 0 Å². The Morgan fingerprint density at radius 1 is 0.784 bits per heavy atom. The van der Waals surface area contributed by atoms with Crippen LogP contribution in [0.25, 0.3) is 47.9 Å². The van der Waals surface area contributed by atoms with Crippen LogP contribution in [0.4, 0.5) is 0 Å². The standard InChI is InChI=1S/C34H53N2P/c1-12-24(4)22-34(10,14-3)16-19-37(11)18-15-17-35-26(6)30-20-32-28(8)36(23-25(5)13-2)29(9)33(32)21-31(30)27(35)7/h20-21,24-25,37H,6-9,11-19,22-23H2,1-5,10H3. The molecular formula is C34H53N2P. The van der Waals surface area contributed by atoms with Crippen molar-refractivity contribution in [2.75, 3.05) is 12.3 Å². The van der Waals surface area contributed by atoms with E-state index >= 15 is 0 Å². The Kier molecular flexibility index (Phi) is 9.85. The maximum absolute atomic E-state index is 4.62.